The fourth-order valence-electron chi connectivity index (χ4n) is 1.35. The zero-order valence-corrected chi connectivity index (χ0v) is 8.99. The van der Waals surface area contributed by atoms with Gasteiger partial charge in [0.1, 0.15) is 5.83 Å². The Balaban J connectivity index is 2.59. The summed E-state index contributed by atoms with van der Waals surface area (Å²) < 4.78 is 13.6. The summed E-state index contributed by atoms with van der Waals surface area (Å²) in [5.41, 5.74) is 1.71. The molecule has 0 saturated heterocycles. The minimum absolute atomic E-state index is 0.125. The van der Waals surface area contributed by atoms with Crippen molar-refractivity contribution in [2.24, 2.45) is 0 Å². The lowest BCUT2D eigenvalue weighted by Crippen LogP contribution is -1.77. The lowest BCUT2D eigenvalue weighted by molar-refractivity contribution is 0.658. The molecule has 1 aliphatic rings. The molecule has 0 aromatic heterocycles. The van der Waals surface area contributed by atoms with E-state index < -0.39 is 0 Å². The van der Waals surface area contributed by atoms with E-state index in [1.54, 1.807) is 17.8 Å². The van der Waals surface area contributed by atoms with Gasteiger partial charge in [0.05, 0.1) is 0 Å². The molecule has 1 aromatic carbocycles. The molecule has 0 fully saturated rings. The number of thioether (sulfide) groups is 1. The lowest BCUT2D eigenvalue weighted by atomic mass is 10.1. The number of benzene rings is 1. The molecule has 0 nitrogen and oxygen atoms in total. The van der Waals surface area contributed by atoms with Crippen molar-refractivity contribution >= 4 is 17.8 Å². The maximum absolute atomic E-state index is 13.6. The van der Waals surface area contributed by atoms with Crippen LogP contribution in [0.2, 0.25) is 0 Å². The molecule has 0 N–H and O–H groups in total. The van der Waals surface area contributed by atoms with Crippen LogP contribution in [0.25, 0.3) is 6.08 Å². The summed E-state index contributed by atoms with van der Waals surface area (Å²) in [6.45, 7) is 3.77. The normalized spacial score (nSPS) is 16.1. The lowest BCUT2D eigenvalue weighted by Gasteiger charge is -2.03. The summed E-state index contributed by atoms with van der Waals surface area (Å²) in [7, 11) is 0. The largest absolute Gasteiger partial charge is 0.207 e. The quantitative estimate of drug-likeness (QED) is 0.606. The number of hydrogen-bond acceptors (Lipinski definition) is 1. The van der Waals surface area contributed by atoms with Crippen molar-refractivity contribution in [3.05, 3.63) is 46.1 Å². The van der Waals surface area contributed by atoms with Crippen molar-refractivity contribution in [3.63, 3.8) is 0 Å². The smallest absolute Gasteiger partial charge is 0.127 e. The first-order valence-corrected chi connectivity index (χ1v) is 5.32. The van der Waals surface area contributed by atoms with Gasteiger partial charge in [-0.3, -0.25) is 0 Å². The Morgan fingerprint density at radius 3 is 2.64 bits per heavy atom. The molecule has 0 unspecified atom stereocenters. The molecule has 72 valence electrons. The minimum Gasteiger partial charge on any atom is -0.207 e. The molecule has 1 aromatic rings. The van der Waals surface area contributed by atoms with E-state index in [0.717, 1.165) is 20.9 Å². The zero-order valence-electron chi connectivity index (χ0n) is 8.17. The maximum Gasteiger partial charge on any atom is 0.127 e. The molecule has 1 heterocycles. The average Bonchev–Trinajstić information content (AvgIpc) is 2.28. The Labute approximate surface area is 87.5 Å². The monoisotopic (exact) mass is 206 g/mol. The summed E-state index contributed by atoms with van der Waals surface area (Å²) in [5.74, 6) is -0.125. The molecule has 0 amide bonds. The van der Waals surface area contributed by atoms with Crippen LogP contribution in [0.3, 0.4) is 0 Å². The summed E-state index contributed by atoms with van der Waals surface area (Å²) in [6, 6.07) is 7.87. The Kier molecular flexibility index (Phi) is 2.46. The summed E-state index contributed by atoms with van der Waals surface area (Å²) in [6.07, 6.45) is 1.61. The van der Waals surface area contributed by atoms with Crippen molar-refractivity contribution < 1.29 is 4.39 Å². The molecule has 14 heavy (non-hydrogen) atoms. The molecule has 2 rings (SSSR count). The van der Waals surface area contributed by atoms with Crippen molar-refractivity contribution in [2.75, 3.05) is 0 Å². The summed E-state index contributed by atoms with van der Waals surface area (Å²) >= 11 is 1.63. The van der Waals surface area contributed by atoms with Crippen LogP contribution in [0.15, 0.2) is 45.5 Å². The van der Waals surface area contributed by atoms with E-state index in [9.17, 15) is 4.39 Å². The van der Waals surface area contributed by atoms with E-state index >= 15 is 0 Å². The van der Waals surface area contributed by atoms with Crippen LogP contribution in [-0.2, 0) is 0 Å². The van der Waals surface area contributed by atoms with Gasteiger partial charge in [-0.15, -0.1) is 0 Å². The molecule has 0 saturated carbocycles. The molecule has 0 atom stereocenters. The molecule has 0 aliphatic carbocycles. The Morgan fingerprint density at radius 1 is 1.14 bits per heavy atom. The predicted molar refractivity (Wildman–Crippen MR) is 59.8 cm³/mol. The Morgan fingerprint density at radius 2 is 1.86 bits per heavy atom. The Hall–Kier alpha value is -1.02. The average molecular weight is 206 g/mol. The topological polar surface area (TPSA) is 0 Å². The van der Waals surface area contributed by atoms with Crippen LogP contribution >= 0.6 is 11.8 Å². The molecule has 0 radical (unpaired) electrons. The molecular formula is C12H11FS. The molecule has 1 aliphatic heterocycles. The van der Waals surface area contributed by atoms with Gasteiger partial charge in [0.2, 0.25) is 0 Å². The first kappa shape index (κ1) is 9.53. The van der Waals surface area contributed by atoms with E-state index in [-0.39, 0.29) is 5.83 Å². The first-order valence-electron chi connectivity index (χ1n) is 4.50. The van der Waals surface area contributed by atoms with Gasteiger partial charge in [0.15, 0.2) is 0 Å². The SMILES string of the molecule is CC1=C(C)C(F)=Cc2ccccc2S1. The highest BCUT2D eigenvalue weighted by atomic mass is 32.2. The molecular weight excluding hydrogens is 195 g/mol. The standard InChI is InChI=1S/C12H11FS/c1-8-9(2)14-12-6-4-3-5-10(12)7-11(8)13/h3-7H,1-2H3. The highest BCUT2D eigenvalue weighted by Gasteiger charge is 2.12. The maximum atomic E-state index is 13.6. The third kappa shape index (κ3) is 1.62. The Bertz CT molecular complexity index is 430. The van der Waals surface area contributed by atoms with E-state index in [1.165, 1.54) is 0 Å². The minimum atomic E-state index is -0.125. The van der Waals surface area contributed by atoms with Crippen LogP contribution in [0.5, 0.6) is 0 Å². The van der Waals surface area contributed by atoms with Crippen molar-refractivity contribution in [1.29, 1.82) is 0 Å². The van der Waals surface area contributed by atoms with Gasteiger partial charge < -0.3 is 0 Å². The van der Waals surface area contributed by atoms with E-state index in [0.29, 0.717) is 0 Å². The fraction of sp³-hybridized carbons (Fsp3) is 0.167. The fourth-order valence-corrected chi connectivity index (χ4v) is 2.32. The molecule has 0 bridgehead atoms. The zero-order chi connectivity index (χ0) is 10.1. The third-order valence-corrected chi connectivity index (χ3v) is 3.55. The summed E-state index contributed by atoms with van der Waals surface area (Å²) in [5, 5.41) is 0. The van der Waals surface area contributed by atoms with Crippen LogP contribution in [0.1, 0.15) is 19.4 Å². The second kappa shape index (κ2) is 3.62. The number of hydrogen-bond donors (Lipinski definition) is 0. The third-order valence-electron chi connectivity index (χ3n) is 2.35. The van der Waals surface area contributed by atoms with E-state index in [2.05, 4.69) is 0 Å². The van der Waals surface area contributed by atoms with Gasteiger partial charge in [0.25, 0.3) is 0 Å². The highest BCUT2D eigenvalue weighted by Crippen LogP contribution is 2.37. The second-order valence-electron chi connectivity index (χ2n) is 3.31. The predicted octanol–water partition coefficient (Wildman–Crippen LogP) is 4.40. The van der Waals surface area contributed by atoms with Crippen LogP contribution in [-0.4, -0.2) is 0 Å². The summed E-state index contributed by atoms with van der Waals surface area (Å²) in [4.78, 5) is 2.15. The molecule has 2 heteroatoms. The highest BCUT2D eigenvalue weighted by molar-refractivity contribution is 8.03. The number of fused-ring (bicyclic) bond motifs is 1. The first-order chi connectivity index (χ1) is 6.68. The van der Waals surface area contributed by atoms with Crippen LogP contribution in [0, 0.1) is 0 Å². The van der Waals surface area contributed by atoms with Crippen molar-refractivity contribution in [3.8, 4) is 0 Å². The number of halogens is 1. The number of allylic oxidation sites excluding steroid dienone is 3. The van der Waals surface area contributed by atoms with Gasteiger partial charge in [-0.2, -0.15) is 0 Å². The van der Waals surface area contributed by atoms with E-state index in [1.807, 2.05) is 38.1 Å². The molecule has 0 spiro atoms. The van der Waals surface area contributed by atoms with Gasteiger partial charge >= 0.3 is 0 Å². The van der Waals surface area contributed by atoms with Gasteiger partial charge in [-0.25, -0.2) is 4.39 Å². The van der Waals surface area contributed by atoms with Crippen molar-refractivity contribution in [1.82, 2.24) is 0 Å². The number of rotatable bonds is 0. The van der Waals surface area contributed by atoms with Crippen LogP contribution in [0.4, 0.5) is 4.39 Å². The van der Waals surface area contributed by atoms with Gasteiger partial charge in [-0.05, 0) is 42.0 Å². The van der Waals surface area contributed by atoms with Gasteiger partial charge in [-0.1, -0.05) is 30.0 Å². The van der Waals surface area contributed by atoms with Gasteiger partial charge in [0, 0.05) is 4.90 Å². The second-order valence-corrected chi connectivity index (χ2v) is 4.57. The van der Waals surface area contributed by atoms with Crippen LogP contribution < -0.4 is 0 Å². The van der Waals surface area contributed by atoms with E-state index in [4.69, 9.17) is 0 Å². The van der Waals surface area contributed by atoms with Crippen molar-refractivity contribution in [2.45, 2.75) is 18.7 Å².